The fourth-order valence-corrected chi connectivity index (χ4v) is 2.32. The van der Waals surface area contributed by atoms with E-state index < -0.39 is 0 Å². The first-order chi connectivity index (χ1) is 8.63. The summed E-state index contributed by atoms with van der Waals surface area (Å²) in [5.74, 6) is 1.19. The summed E-state index contributed by atoms with van der Waals surface area (Å²) in [6.45, 7) is 8.04. The average Bonchev–Trinajstić information content (AvgIpc) is 2.84. The van der Waals surface area contributed by atoms with Gasteiger partial charge in [0, 0.05) is 5.02 Å². The van der Waals surface area contributed by atoms with Crippen molar-refractivity contribution in [2.75, 3.05) is 19.8 Å². The molecule has 0 spiro atoms. The van der Waals surface area contributed by atoms with Crippen LogP contribution in [0, 0.1) is 0 Å². The molecule has 1 heterocycles. The highest BCUT2D eigenvalue weighted by atomic mass is 35.5. The summed E-state index contributed by atoms with van der Waals surface area (Å²) in [5, 5.41) is 0.691. The van der Waals surface area contributed by atoms with Crippen molar-refractivity contribution < 1.29 is 14.2 Å². The largest absolute Gasteiger partial charge is 0.493 e. The molecule has 2 rings (SSSR count). The van der Waals surface area contributed by atoms with Crippen LogP contribution in [-0.4, -0.2) is 19.8 Å². The molecule has 18 heavy (non-hydrogen) atoms. The minimum atomic E-state index is -0.359. The maximum absolute atomic E-state index is 6.18. The molecule has 0 bridgehead atoms. The Hall–Kier alpha value is -0.770. The molecule has 1 aliphatic heterocycles. The monoisotopic (exact) mass is 270 g/mol. The van der Waals surface area contributed by atoms with Gasteiger partial charge in [-0.15, -0.1) is 0 Å². The van der Waals surface area contributed by atoms with E-state index in [1.54, 1.807) is 0 Å². The summed E-state index contributed by atoms with van der Waals surface area (Å²) in [7, 11) is 0. The number of ether oxygens (including phenoxy) is 3. The first-order valence-corrected chi connectivity index (χ1v) is 6.70. The van der Waals surface area contributed by atoms with Gasteiger partial charge in [0.1, 0.15) is 5.75 Å². The summed E-state index contributed by atoms with van der Waals surface area (Å²) in [6, 6.07) is 3.82. The minimum Gasteiger partial charge on any atom is -0.493 e. The number of hydrogen-bond acceptors (Lipinski definition) is 3. The molecule has 0 unspecified atom stereocenters. The maximum atomic E-state index is 6.18. The zero-order valence-electron chi connectivity index (χ0n) is 11.0. The molecule has 1 fully saturated rings. The van der Waals surface area contributed by atoms with Crippen LogP contribution in [0.2, 0.25) is 5.02 Å². The Kier molecular flexibility index (Phi) is 4.49. The SMILES string of the molecule is CCOc1c(C(C)C)cc(Cl)cc1C1OCCO1. The first-order valence-electron chi connectivity index (χ1n) is 6.32. The number of rotatable bonds is 4. The van der Waals surface area contributed by atoms with Crippen molar-refractivity contribution in [2.45, 2.75) is 33.0 Å². The van der Waals surface area contributed by atoms with Crippen LogP contribution in [0.3, 0.4) is 0 Å². The van der Waals surface area contributed by atoms with Crippen molar-refractivity contribution in [3.63, 3.8) is 0 Å². The smallest absolute Gasteiger partial charge is 0.187 e. The Morgan fingerprint density at radius 3 is 2.56 bits per heavy atom. The topological polar surface area (TPSA) is 27.7 Å². The highest BCUT2D eigenvalue weighted by Gasteiger charge is 2.25. The number of halogens is 1. The van der Waals surface area contributed by atoms with Crippen LogP contribution < -0.4 is 4.74 Å². The zero-order chi connectivity index (χ0) is 13.1. The minimum absolute atomic E-state index is 0.338. The van der Waals surface area contributed by atoms with Crippen LogP contribution in [0.25, 0.3) is 0 Å². The third-order valence-corrected chi connectivity index (χ3v) is 3.12. The van der Waals surface area contributed by atoms with Gasteiger partial charge in [-0.25, -0.2) is 0 Å². The lowest BCUT2D eigenvalue weighted by Gasteiger charge is -2.20. The van der Waals surface area contributed by atoms with Gasteiger partial charge < -0.3 is 14.2 Å². The highest BCUT2D eigenvalue weighted by Crippen LogP contribution is 2.39. The average molecular weight is 271 g/mol. The molecule has 0 aromatic heterocycles. The van der Waals surface area contributed by atoms with E-state index in [9.17, 15) is 0 Å². The van der Waals surface area contributed by atoms with Crippen LogP contribution >= 0.6 is 11.6 Å². The normalized spacial score (nSPS) is 16.5. The lowest BCUT2D eigenvalue weighted by atomic mass is 9.98. The van der Waals surface area contributed by atoms with E-state index in [0.29, 0.717) is 30.8 Å². The van der Waals surface area contributed by atoms with Crippen molar-refractivity contribution in [3.8, 4) is 5.75 Å². The quantitative estimate of drug-likeness (QED) is 0.830. The summed E-state index contributed by atoms with van der Waals surface area (Å²) in [5.41, 5.74) is 1.99. The predicted molar refractivity (Wildman–Crippen MR) is 71.4 cm³/mol. The molecule has 1 saturated heterocycles. The molecule has 1 aromatic carbocycles. The third-order valence-electron chi connectivity index (χ3n) is 2.90. The first kappa shape index (κ1) is 13.7. The Bertz CT molecular complexity index is 412. The van der Waals surface area contributed by atoms with E-state index in [1.165, 1.54) is 0 Å². The molecule has 0 atom stereocenters. The molecule has 3 nitrogen and oxygen atoms in total. The van der Waals surface area contributed by atoms with Gasteiger partial charge >= 0.3 is 0 Å². The van der Waals surface area contributed by atoms with Crippen LogP contribution in [-0.2, 0) is 9.47 Å². The van der Waals surface area contributed by atoms with Crippen LogP contribution in [0.5, 0.6) is 5.75 Å². The summed E-state index contributed by atoms with van der Waals surface area (Å²) >= 11 is 6.18. The van der Waals surface area contributed by atoms with Gasteiger partial charge in [0.2, 0.25) is 0 Å². The lowest BCUT2D eigenvalue weighted by molar-refractivity contribution is -0.0457. The van der Waals surface area contributed by atoms with Gasteiger partial charge in [-0.3, -0.25) is 0 Å². The molecule has 100 valence electrons. The maximum Gasteiger partial charge on any atom is 0.187 e. The van der Waals surface area contributed by atoms with Gasteiger partial charge in [-0.2, -0.15) is 0 Å². The van der Waals surface area contributed by atoms with E-state index in [2.05, 4.69) is 13.8 Å². The molecule has 0 radical (unpaired) electrons. The summed E-state index contributed by atoms with van der Waals surface area (Å²) in [6.07, 6.45) is -0.359. The molecular weight excluding hydrogens is 252 g/mol. The van der Waals surface area contributed by atoms with Crippen molar-refractivity contribution >= 4 is 11.6 Å². The van der Waals surface area contributed by atoms with E-state index >= 15 is 0 Å². The van der Waals surface area contributed by atoms with E-state index in [0.717, 1.165) is 16.9 Å². The molecule has 1 aliphatic rings. The third kappa shape index (κ3) is 2.79. The Balaban J connectivity index is 2.47. The molecule has 0 amide bonds. The van der Waals surface area contributed by atoms with Gasteiger partial charge in [0.15, 0.2) is 6.29 Å². The van der Waals surface area contributed by atoms with Crippen LogP contribution in [0.1, 0.15) is 44.1 Å². The fraction of sp³-hybridized carbons (Fsp3) is 0.571. The Morgan fingerprint density at radius 2 is 2.00 bits per heavy atom. The van der Waals surface area contributed by atoms with Crippen molar-refractivity contribution in [3.05, 3.63) is 28.3 Å². The van der Waals surface area contributed by atoms with E-state index in [-0.39, 0.29) is 6.29 Å². The van der Waals surface area contributed by atoms with Crippen molar-refractivity contribution in [2.24, 2.45) is 0 Å². The second kappa shape index (κ2) is 5.91. The summed E-state index contributed by atoms with van der Waals surface area (Å²) in [4.78, 5) is 0. The number of benzene rings is 1. The molecular formula is C14H19ClO3. The van der Waals surface area contributed by atoms with Crippen LogP contribution in [0.4, 0.5) is 0 Å². The van der Waals surface area contributed by atoms with Gasteiger partial charge in [0.25, 0.3) is 0 Å². The lowest BCUT2D eigenvalue weighted by Crippen LogP contribution is -2.07. The second-order valence-corrected chi connectivity index (χ2v) is 5.01. The Labute approximate surface area is 113 Å². The van der Waals surface area contributed by atoms with Gasteiger partial charge in [-0.1, -0.05) is 25.4 Å². The second-order valence-electron chi connectivity index (χ2n) is 4.57. The highest BCUT2D eigenvalue weighted by molar-refractivity contribution is 6.30. The van der Waals surface area contributed by atoms with Gasteiger partial charge in [-0.05, 0) is 30.5 Å². The van der Waals surface area contributed by atoms with E-state index in [1.807, 2.05) is 19.1 Å². The van der Waals surface area contributed by atoms with Gasteiger partial charge in [0.05, 0.1) is 25.4 Å². The van der Waals surface area contributed by atoms with E-state index in [4.69, 9.17) is 25.8 Å². The van der Waals surface area contributed by atoms with Crippen LogP contribution in [0.15, 0.2) is 12.1 Å². The molecule has 0 aliphatic carbocycles. The Morgan fingerprint density at radius 1 is 1.33 bits per heavy atom. The summed E-state index contributed by atoms with van der Waals surface area (Å²) < 4.78 is 16.9. The number of hydrogen-bond donors (Lipinski definition) is 0. The fourth-order valence-electron chi connectivity index (χ4n) is 2.09. The molecule has 0 saturated carbocycles. The molecule has 4 heteroatoms. The van der Waals surface area contributed by atoms with Crippen molar-refractivity contribution in [1.29, 1.82) is 0 Å². The predicted octanol–water partition coefficient (Wildman–Crippen LogP) is 3.91. The standard InChI is InChI=1S/C14H19ClO3/c1-4-16-13-11(9(2)3)7-10(15)8-12(13)14-17-5-6-18-14/h7-9,14H,4-6H2,1-3H3. The zero-order valence-corrected chi connectivity index (χ0v) is 11.8. The molecule has 1 aromatic rings. The molecule has 0 N–H and O–H groups in total. The van der Waals surface area contributed by atoms with Crippen molar-refractivity contribution in [1.82, 2.24) is 0 Å².